The molecule has 28 heavy (non-hydrogen) atoms. The topological polar surface area (TPSA) is 72.8 Å². The Kier molecular flexibility index (Phi) is 102. The number of hydrogen-bond acceptors (Lipinski definition) is 9. The van der Waals surface area contributed by atoms with Crippen LogP contribution in [0.3, 0.4) is 0 Å². The van der Waals surface area contributed by atoms with Crippen molar-refractivity contribution in [2.24, 2.45) is 5.16 Å². The van der Waals surface area contributed by atoms with Gasteiger partial charge in [-0.05, 0) is 33.3 Å². The summed E-state index contributed by atoms with van der Waals surface area (Å²) in [5.41, 5.74) is 0. The molecule has 0 saturated carbocycles. The largest absolute Gasteiger partial charge is 0.385 e. The molecule has 0 spiro atoms. The van der Waals surface area contributed by atoms with Crippen molar-refractivity contribution >= 4 is 29.1 Å². The molecule has 0 rings (SSSR count). The highest BCUT2D eigenvalue weighted by molar-refractivity contribution is 7.97. The quantitative estimate of drug-likeness (QED) is 0.330. The zero-order chi connectivity index (χ0) is 21.1. The average Bonchev–Trinajstić information content (AvgIpc) is 2.55. The normalized spacial score (nSPS) is 9.21. The maximum absolute atomic E-state index is 9.98. The standard InChI is InChI=1S/C4H12N2.C3H7NO2S.C3H8O2.C3H8O.C2H6S.3CH4/c1-5(2)6(3)4;1-3-4-6-7(2)5;1-3-5-4-2;1-3-4-2;1-3-2;;;/h1-4H3;3H,1-2H3;3H2,1-2H3;3H2,1-2H3;1-2H3;3*1H4/b;4-3+;;;;;;. The maximum Gasteiger partial charge on any atom is 0.229 e. The summed E-state index contributed by atoms with van der Waals surface area (Å²) in [6.45, 7) is 6.95. The maximum atomic E-state index is 9.98. The van der Waals surface area contributed by atoms with E-state index in [0.29, 0.717) is 6.61 Å². The Labute approximate surface area is 184 Å². The van der Waals surface area contributed by atoms with E-state index in [2.05, 4.69) is 24.0 Å². The lowest BCUT2D eigenvalue weighted by atomic mass is 10.9. The zero-order valence-electron chi connectivity index (χ0n) is 18.2. The molecule has 0 aliphatic carbocycles. The molecular formula is C18H53N3O5S2. The molecule has 1 unspecified atom stereocenters. The summed E-state index contributed by atoms with van der Waals surface area (Å²) in [5.74, 6) is 0. The van der Waals surface area contributed by atoms with Crippen LogP contribution in [0.25, 0.3) is 0 Å². The highest BCUT2D eigenvalue weighted by Gasteiger charge is 1.84. The van der Waals surface area contributed by atoms with Gasteiger partial charge in [0.2, 0.25) is 11.1 Å². The third-order valence-corrected chi connectivity index (χ3v) is 1.87. The Morgan fingerprint density at radius 1 is 0.964 bits per heavy atom. The molecule has 0 radical (unpaired) electrons. The van der Waals surface area contributed by atoms with Gasteiger partial charge in [-0.1, -0.05) is 27.4 Å². The predicted octanol–water partition coefficient (Wildman–Crippen LogP) is 4.45. The first-order chi connectivity index (χ1) is 11.7. The summed E-state index contributed by atoms with van der Waals surface area (Å²) in [6.07, 6.45) is 6.92. The molecule has 0 N–H and O–H groups in total. The van der Waals surface area contributed by atoms with Gasteiger partial charge in [-0.3, -0.25) is 4.28 Å². The first-order valence-electron chi connectivity index (χ1n) is 7.54. The second-order valence-electron chi connectivity index (χ2n) is 4.09. The van der Waals surface area contributed by atoms with Crippen molar-refractivity contribution in [3.63, 3.8) is 0 Å². The lowest BCUT2D eigenvalue weighted by Crippen LogP contribution is -2.28. The van der Waals surface area contributed by atoms with Crippen LogP contribution in [0.15, 0.2) is 5.16 Å². The summed E-state index contributed by atoms with van der Waals surface area (Å²) in [4.78, 5) is 8.52. The van der Waals surface area contributed by atoms with E-state index < -0.39 is 11.1 Å². The number of nitrogens with zero attached hydrogens (tertiary/aromatic N) is 3. The molecule has 10 heteroatoms. The first-order valence-corrected chi connectivity index (χ1v) is 10.7. The van der Waals surface area contributed by atoms with Gasteiger partial charge in [-0.2, -0.15) is 11.8 Å². The minimum Gasteiger partial charge on any atom is -0.385 e. The molecule has 1 atom stereocenters. The summed E-state index contributed by atoms with van der Waals surface area (Å²) in [6, 6.07) is 0. The molecule has 0 aromatic carbocycles. The fourth-order valence-electron chi connectivity index (χ4n) is 0.221. The minimum atomic E-state index is -1.26. The third kappa shape index (κ3) is 136. The van der Waals surface area contributed by atoms with Gasteiger partial charge in [0, 0.05) is 48.1 Å². The molecule has 0 amide bonds. The lowest BCUT2D eigenvalue weighted by molar-refractivity contribution is -0.268. The number of rotatable bonds is 6. The second-order valence-corrected chi connectivity index (χ2v) is 5.86. The average molecular weight is 456 g/mol. The van der Waals surface area contributed by atoms with Crippen LogP contribution in [0.5, 0.6) is 0 Å². The number of oxime groups is 1. The van der Waals surface area contributed by atoms with E-state index in [1.807, 2.05) is 64.6 Å². The van der Waals surface area contributed by atoms with Crippen molar-refractivity contribution in [2.75, 3.05) is 74.4 Å². The van der Waals surface area contributed by atoms with Crippen LogP contribution in [0.1, 0.15) is 43.1 Å². The van der Waals surface area contributed by atoms with E-state index in [0.717, 1.165) is 6.61 Å². The highest BCUT2D eigenvalue weighted by Crippen LogP contribution is 1.76. The monoisotopic (exact) mass is 455 g/mol. The van der Waals surface area contributed by atoms with Gasteiger partial charge in [0.25, 0.3) is 0 Å². The molecule has 182 valence electrons. The van der Waals surface area contributed by atoms with Crippen molar-refractivity contribution in [1.29, 1.82) is 0 Å². The summed E-state index contributed by atoms with van der Waals surface area (Å²) in [5, 5.41) is 7.25. The van der Waals surface area contributed by atoms with E-state index in [1.54, 1.807) is 25.8 Å². The number of hydrogen-bond donors (Lipinski definition) is 0. The van der Waals surface area contributed by atoms with Crippen LogP contribution in [0.4, 0.5) is 0 Å². The Bertz CT molecular complexity index is 239. The smallest absolute Gasteiger partial charge is 0.229 e. The van der Waals surface area contributed by atoms with E-state index in [-0.39, 0.29) is 22.3 Å². The summed E-state index contributed by atoms with van der Waals surface area (Å²) < 4.78 is 18.8. The predicted molar refractivity (Wildman–Crippen MR) is 133 cm³/mol. The van der Waals surface area contributed by atoms with E-state index >= 15 is 0 Å². The van der Waals surface area contributed by atoms with Gasteiger partial charge in [-0.15, -0.1) is 0 Å². The van der Waals surface area contributed by atoms with E-state index in [4.69, 9.17) is 0 Å². The van der Waals surface area contributed by atoms with E-state index in [1.165, 1.54) is 19.6 Å². The molecule has 0 aliphatic rings. The molecule has 0 aromatic heterocycles. The van der Waals surface area contributed by atoms with Crippen LogP contribution < -0.4 is 0 Å². The Morgan fingerprint density at radius 3 is 1.32 bits per heavy atom. The lowest BCUT2D eigenvalue weighted by Gasteiger charge is -2.17. The van der Waals surface area contributed by atoms with Gasteiger partial charge in [0.1, 0.15) is 0 Å². The number of thioether (sulfide) groups is 1. The summed E-state index contributed by atoms with van der Waals surface area (Å²) >= 11 is 0.487. The highest BCUT2D eigenvalue weighted by atomic mass is 32.2. The first kappa shape index (κ1) is 50.9. The zero-order valence-corrected chi connectivity index (χ0v) is 19.8. The molecule has 0 aliphatic heterocycles. The second kappa shape index (κ2) is 56.3. The number of methoxy groups -OCH3 is 1. The van der Waals surface area contributed by atoms with Crippen LogP contribution in [0, 0.1) is 0 Å². The minimum absolute atomic E-state index is 0. The Morgan fingerprint density at radius 2 is 1.29 bits per heavy atom. The molecule has 0 fully saturated rings. The van der Waals surface area contributed by atoms with Crippen LogP contribution in [-0.4, -0.2) is 94.8 Å². The third-order valence-electron chi connectivity index (χ3n) is 1.58. The van der Waals surface area contributed by atoms with Crippen molar-refractivity contribution in [3.8, 4) is 0 Å². The SMILES string of the molecule is C.C.C.C/C=N/OS(C)=O.CCOC.CCOOC.CN(C)N(C)C.CSC. The van der Waals surface area contributed by atoms with Gasteiger partial charge in [0.05, 0.1) is 20.0 Å². The van der Waals surface area contributed by atoms with E-state index in [9.17, 15) is 4.21 Å². The summed E-state index contributed by atoms with van der Waals surface area (Å²) in [7, 11) is 11.2. The molecular weight excluding hydrogens is 402 g/mol. The Balaban J connectivity index is -0.0000000297. The van der Waals surface area contributed by atoms with Crippen molar-refractivity contribution < 1.29 is 23.0 Å². The molecule has 0 heterocycles. The fourth-order valence-corrected chi connectivity index (χ4v) is 0.429. The van der Waals surface area contributed by atoms with Crippen molar-refractivity contribution in [3.05, 3.63) is 0 Å². The Hall–Kier alpha value is -0.230. The molecule has 0 aromatic rings. The van der Waals surface area contributed by atoms with Gasteiger partial charge >= 0.3 is 0 Å². The molecule has 0 saturated heterocycles. The molecule has 0 bridgehead atoms. The van der Waals surface area contributed by atoms with Crippen LogP contribution in [0.2, 0.25) is 0 Å². The number of ether oxygens (including phenoxy) is 1. The van der Waals surface area contributed by atoms with Crippen molar-refractivity contribution in [2.45, 2.75) is 43.1 Å². The molecule has 8 nitrogen and oxygen atoms in total. The van der Waals surface area contributed by atoms with Gasteiger partial charge in [-0.25, -0.2) is 24.0 Å². The van der Waals surface area contributed by atoms with Crippen LogP contribution in [-0.2, 0) is 29.9 Å². The van der Waals surface area contributed by atoms with Gasteiger partial charge in [0.15, 0.2) is 0 Å². The number of hydrazine groups is 1. The van der Waals surface area contributed by atoms with Crippen molar-refractivity contribution in [1.82, 2.24) is 10.0 Å². The van der Waals surface area contributed by atoms with Crippen LogP contribution >= 0.6 is 11.8 Å². The van der Waals surface area contributed by atoms with Gasteiger partial charge < -0.3 is 4.74 Å². The fraction of sp³-hybridized carbons (Fsp3) is 0.944.